The fraction of sp³-hybridized carbons (Fsp3) is 0.143. The van der Waals surface area contributed by atoms with E-state index < -0.39 is 0 Å². The minimum absolute atomic E-state index is 0.0796. The third-order valence-corrected chi connectivity index (χ3v) is 6.82. The first-order chi connectivity index (χ1) is 15.1. The number of H-pyrrole nitrogens is 3. The van der Waals surface area contributed by atoms with Crippen LogP contribution in [0.4, 0.5) is 0 Å². The molecule has 0 spiro atoms. The van der Waals surface area contributed by atoms with E-state index in [2.05, 4.69) is 109 Å². The third kappa shape index (κ3) is 2.59. The second-order valence-electron chi connectivity index (χ2n) is 8.56. The number of aromatic amines is 3. The van der Waals surface area contributed by atoms with Crippen LogP contribution in [0, 0.1) is 20.8 Å². The molecule has 0 aliphatic rings. The summed E-state index contributed by atoms with van der Waals surface area (Å²) in [5.74, 6) is 0.0796. The van der Waals surface area contributed by atoms with E-state index in [0.29, 0.717) is 0 Å². The Hall–Kier alpha value is -3.72. The summed E-state index contributed by atoms with van der Waals surface area (Å²) in [6, 6.07) is 25.8. The Balaban J connectivity index is 1.72. The number of aryl methyl sites for hydroxylation is 3. The predicted octanol–water partition coefficient (Wildman–Crippen LogP) is 7.24. The maximum Gasteiger partial charge on any atom is 0.0671 e. The smallest absolute Gasteiger partial charge is 0.0671 e. The van der Waals surface area contributed by atoms with Gasteiger partial charge >= 0.3 is 0 Å². The Labute approximate surface area is 181 Å². The summed E-state index contributed by atoms with van der Waals surface area (Å²) in [7, 11) is 0. The fourth-order valence-corrected chi connectivity index (χ4v) is 5.29. The molecule has 0 saturated carbocycles. The lowest BCUT2D eigenvalue weighted by Gasteiger charge is -2.19. The van der Waals surface area contributed by atoms with Crippen molar-refractivity contribution in [1.29, 1.82) is 0 Å². The molecule has 31 heavy (non-hydrogen) atoms. The largest absolute Gasteiger partial charge is 0.358 e. The number of rotatable bonds is 3. The fourth-order valence-electron chi connectivity index (χ4n) is 5.29. The van der Waals surface area contributed by atoms with Crippen LogP contribution in [0.15, 0.2) is 72.8 Å². The first-order valence-electron chi connectivity index (χ1n) is 10.8. The molecule has 0 unspecified atom stereocenters. The zero-order valence-electron chi connectivity index (χ0n) is 18.0. The number of aromatic nitrogens is 3. The Morgan fingerprint density at radius 1 is 0.516 bits per heavy atom. The lowest BCUT2D eigenvalue weighted by Crippen LogP contribution is -2.08. The molecule has 3 nitrogen and oxygen atoms in total. The number of hydrogen-bond donors (Lipinski definition) is 3. The van der Waals surface area contributed by atoms with Gasteiger partial charge in [0.15, 0.2) is 0 Å². The average Bonchev–Trinajstić information content (AvgIpc) is 3.42. The lowest BCUT2D eigenvalue weighted by molar-refractivity contribution is 0.883. The van der Waals surface area contributed by atoms with Gasteiger partial charge in [-0.15, -0.1) is 0 Å². The van der Waals surface area contributed by atoms with E-state index in [1.54, 1.807) is 0 Å². The van der Waals surface area contributed by atoms with Crippen LogP contribution >= 0.6 is 0 Å². The first kappa shape index (κ1) is 18.1. The van der Waals surface area contributed by atoms with E-state index in [4.69, 9.17) is 0 Å². The number of nitrogens with one attached hydrogen (secondary N) is 3. The summed E-state index contributed by atoms with van der Waals surface area (Å²) >= 11 is 0. The van der Waals surface area contributed by atoms with Crippen molar-refractivity contribution in [3.8, 4) is 0 Å². The minimum Gasteiger partial charge on any atom is -0.358 e. The Kier molecular flexibility index (Phi) is 3.87. The van der Waals surface area contributed by atoms with Gasteiger partial charge in [-0.3, -0.25) is 0 Å². The van der Waals surface area contributed by atoms with Gasteiger partial charge in [0.1, 0.15) is 0 Å². The summed E-state index contributed by atoms with van der Waals surface area (Å²) in [5, 5.41) is 3.85. The molecule has 0 aliphatic carbocycles. The first-order valence-corrected chi connectivity index (χ1v) is 10.8. The highest BCUT2D eigenvalue weighted by molar-refractivity contribution is 5.90. The highest BCUT2D eigenvalue weighted by Gasteiger charge is 2.29. The molecule has 152 valence electrons. The van der Waals surface area contributed by atoms with Crippen LogP contribution < -0.4 is 0 Å². The van der Waals surface area contributed by atoms with Gasteiger partial charge in [-0.05, 0) is 55.7 Å². The van der Waals surface area contributed by atoms with Crippen molar-refractivity contribution in [2.24, 2.45) is 0 Å². The molecule has 3 N–H and O–H groups in total. The molecule has 3 heteroatoms. The molecule has 0 bridgehead atoms. The molecule has 0 saturated heterocycles. The summed E-state index contributed by atoms with van der Waals surface area (Å²) < 4.78 is 0. The summed E-state index contributed by atoms with van der Waals surface area (Å²) in [4.78, 5) is 11.2. The van der Waals surface area contributed by atoms with Crippen molar-refractivity contribution in [1.82, 2.24) is 15.0 Å². The van der Waals surface area contributed by atoms with Crippen LogP contribution in [0.3, 0.4) is 0 Å². The molecule has 3 aromatic carbocycles. The molecule has 0 radical (unpaired) electrons. The molecule has 3 aromatic heterocycles. The van der Waals surface area contributed by atoms with Gasteiger partial charge in [0.05, 0.1) is 5.92 Å². The highest BCUT2D eigenvalue weighted by Crippen LogP contribution is 2.42. The van der Waals surface area contributed by atoms with Crippen molar-refractivity contribution in [2.75, 3.05) is 0 Å². The second kappa shape index (κ2) is 6.64. The molecule has 6 rings (SSSR count). The van der Waals surface area contributed by atoms with Crippen LogP contribution in [-0.2, 0) is 0 Å². The summed E-state index contributed by atoms with van der Waals surface area (Å²) in [6.07, 6.45) is 0. The molecule has 3 heterocycles. The average molecular weight is 404 g/mol. The van der Waals surface area contributed by atoms with Crippen LogP contribution in [0.5, 0.6) is 0 Å². The van der Waals surface area contributed by atoms with Crippen LogP contribution in [0.2, 0.25) is 0 Å². The van der Waals surface area contributed by atoms with Crippen molar-refractivity contribution >= 4 is 32.7 Å². The summed E-state index contributed by atoms with van der Waals surface area (Å²) in [6.45, 7) is 6.67. The molecular formula is C28H25N3. The van der Waals surface area contributed by atoms with Gasteiger partial charge in [0, 0.05) is 49.8 Å². The van der Waals surface area contributed by atoms with Crippen LogP contribution in [-0.4, -0.2) is 15.0 Å². The molecule has 0 fully saturated rings. The Bertz CT molecular complexity index is 1490. The SMILES string of the molecule is Cc1[nH]c2ccccc2c1C(c1[nH]c2ccccc2c1C)c1[nH]c2ccccc2c1C. The van der Waals surface area contributed by atoms with Gasteiger partial charge in [0.25, 0.3) is 0 Å². The monoisotopic (exact) mass is 403 g/mol. The maximum absolute atomic E-state index is 3.78. The van der Waals surface area contributed by atoms with E-state index in [1.807, 2.05) is 0 Å². The van der Waals surface area contributed by atoms with Gasteiger partial charge in [0.2, 0.25) is 0 Å². The zero-order valence-corrected chi connectivity index (χ0v) is 18.0. The van der Waals surface area contributed by atoms with Crippen molar-refractivity contribution in [3.63, 3.8) is 0 Å². The quantitative estimate of drug-likeness (QED) is 0.279. The van der Waals surface area contributed by atoms with Crippen molar-refractivity contribution < 1.29 is 0 Å². The maximum atomic E-state index is 3.78. The van der Waals surface area contributed by atoms with E-state index in [0.717, 1.165) is 0 Å². The minimum atomic E-state index is 0.0796. The number of para-hydroxylation sites is 3. The van der Waals surface area contributed by atoms with Crippen LogP contribution in [0.25, 0.3) is 32.7 Å². The lowest BCUT2D eigenvalue weighted by atomic mass is 9.86. The molecule has 0 amide bonds. The standard InChI is InChI=1S/C28H25N3/c1-16-19-10-4-7-13-22(19)30-27(16)26(25-18(3)29-24-15-9-6-12-21(24)25)28-17(2)20-11-5-8-14-23(20)31-28/h4-15,26,29-31H,1-3H3. The van der Waals surface area contributed by atoms with E-state index in [-0.39, 0.29) is 5.92 Å². The van der Waals surface area contributed by atoms with Gasteiger partial charge in [-0.1, -0.05) is 54.6 Å². The normalized spacial score (nSPS) is 12.0. The number of benzene rings is 3. The van der Waals surface area contributed by atoms with E-state index in [1.165, 1.54) is 66.5 Å². The van der Waals surface area contributed by atoms with Crippen molar-refractivity contribution in [2.45, 2.75) is 26.7 Å². The van der Waals surface area contributed by atoms with Crippen molar-refractivity contribution in [3.05, 3.63) is 107 Å². The zero-order chi connectivity index (χ0) is 21.1. The molecule has 0 atom stereocenters. The topological polar surface area (TPSA) is 47.4 Å². The van der Waals surface area contributed by atoms with Crippen LogP contribution in [0.1, 0.15) is 39.7 Å². The number of fused-ring (bicyclic) bond motifs is 3. The van der Waals surface area contributed by atoms with Gasteiger partial charge in [-0.25, -0.2) is 0 Å². The molecule has 0 aliphatic heterocycles. The Morgan fingerprint density at radius 3 is 1.42 bits per heavy atom. The highest BCUT2D eigenvalue weighted by atomic mass is 14.8. The van der Waals surface area contributed by atoms with Gasteiger partial charge < -0.3 is 15.0 Å². The summed E-state index contributed by atoms with van der Waals surface area (Å²) in [5.41, 5.74) is 11.2. The van der Waals surface area contributed by atoms with E-state index in [9.17, 15) is 0 Å². The number of hydrogen-bond acceptors (Lipinski definition) is 0. The van der Waals surface area contributed by atoms with E-state index >= 15 is 0 Å². The third-order valence-electron chi connectivity index (χ3n) is 6.82. The Morgan fingerprint density at radius 2 is 0.935 bits per heavy atom. The predicted molar refractivity (Wildman–Crippen MR) is 130 cm³/mol. The molecular weight excluding hydrogens is 378 g/mol. The second-order valence-corrected chi connectivity index (χ2v) is 8.56. The van der Waals surface area contributed by atoms with Gasteiger partial charge in [-0.2, -0.15) is 0 Å². The molecule has 6 aromatic rings.